The molecule has 3 rings (SSSR count). The van der Waals surface area contributed by atoms with Crippen molar-refractivity contribution in [2.75, 3.05) is 19.5 Å². The maximum atomic E-state index is 6.23. The van der Waals surface area contributed by atoms with E-state index in [1.54, 1.807) is 13.3 Å². The van der Waals surface area contributed by atoms with Gasteiger partial charge in [-0.15, -0.1) is 0 Å². The van der Waals surface area contributed by atoms with Crippen LogP contribution in [0.3, 0.4) is 0 Å². The van der Waals surface area contributed by atoms with Gasteiger partial charge in [0.25, 0.3) is 0 Å². The SMILES string of the molecule is COc1ccnc(CCCCO[C@H]2CCC[C@H]2Cc2cc(C)cc(N)n2)c1. The number of rotatable bonds is 9. The van der Waals surface area contributed by atoms with Crippen LogP contribution in [0.4, 0.5) is 5.82 Å². The number of nitrogens with two attached hydrogens (primary N) is 1. The molecule has 2 atom stereocenters. The number of hydrogen-bond acceptors (Lipinski definition) is 5. The Kier molecular flexibility index (Phi) is 7.04. The second-order valence-corrected chi connectivity index (χ2v) is 7.51. The predicted molar refractivity (Wildman–Crippen MR) is 108 cm³/mol. The Morgan fingerprint density at radius 3 is 2.85 bits per heavy atom. The van der Waals surface area contributed by atoms with Crippen LogP contribution in [0.2, 0.25) is 0 Å². The highest BCUT2D eigenvalue weighted by Crippen LogP contribution is 2.31. The van der Waals surface area contributed by atoms with Gasteiger partial charge in [0.1, 0.15) is 11.6 Å². The lowest BCUT2D eigenvalue weighted by Gasteiger charge is -2.20. The average molecular weight is 370 g/mol. The van der Waals surface area contributed by atoms with E-state index in [-0.39, 0.29) is 0 Å². The third-order valence-electron chi connectivity index (χ3n) is 5.29. The van der Waals surface area contributed by atoms with Gasteiger partial charge in [0, 0.05) is 30.3 Å². The third-order valence-corrected chi connectivity index (χ3v) is 5.29. The van der Waals surface area contributed by atoms with Gasteiger partial charge in [-0.05, 0) is 75.1 Å². The number of anilines is 1. The molecule has 27 heavy (non-hydrogen) atoms. The first kappa shape index (κ1) is 19.6. The summed E-state index contributed by atoms with van der Waals surface area (Å²) in [5.41, 5.74) is 9.25. The van der Waals surface area contributed by atoms with Gasteiger partial charge in [0.2, 0.25) is 0 Å². The van der Waals surface area contributed by atoms with Crippen LogP contribution in [0.5, 0.6) is 5.75 Å². The minimum absolute atomic E-state index is 0.350. The van der Waals surface area contributed by atoms with Crippen LogP contribution in [0, 0.1) is 12.8 Å². The van der Waals surface area contributed by atoms with Gasteiger partial charge >= 0.3 is 0 Å². The quantitative estimate of drug-likeness (QED) is 0.673. The molecule has 0 aromatic carbocycles. The molecule has 146 valence electrons. The largest absolute Gasteiger partial charge is 0.497 e. The van der Waals surface area contributed by atoms with Crippen molar-refractivity contribution in [1.82, 2.24) is 9.97 Å². The number of pyridine rings is 2. The van der Waals surface area contributed by atoms with Crippen molar-refractivity contribution in [3.05, 3.63) is 47.4 Å². The maximum absolute atomic E-state index is 6.23. The van der Waals surface area contributed by atoms with Gasteiger partial charge in [0.05, 0.1) is 13.2 Å². The van der Waals surface area contributed by atoms with Gasteiger partial charge in [-0.25, -0.2) is 4.98 Å². The number of methoxy groups -OCH3 is 1. The standard InChI is InChI=1S/C22H31N3O2/c1-16-12-19(25-22(23)13-16)14-17-6-5-8-21(17)27-11-4-3-7-18-15-20(26-2)9-10-24-18/h9-10,12-13,15,17,21H,3-8,11,14H2,1-2H3,(H2,23,25)/t17-,21-/m0/s1. The Bertz CT molecular complexity index is 715. The molecule has 1 aliphatic carbocycles. The molecule has 0 unspecified atom stereocenters. The summed E-state index contributed by atoms with van der Waals surface area (Å²) in [6, 6.07) is 7.95. The van der Waals surface area contributed by atoms with Gasteiger partial charge in [-0.3, -0.25) is 4.98 Å². The van der Waals surface area contributed by atoms with Crippen LogP contribution in [-0.2, 0) is 17.6 Å². The molecule has 0 radical (unpaired) electrons. The summed E-state index contributed by atoms with van der Waals surface area (Å²) in [4.78, 5) is 8.89. The number of aromatic nitrogens is 2. The summed E-state index contributed by atoms with van der Waals surface area (Å²) < 4.78 is 11.5. The summed E-state index contributed by atoms with van der Waals surface area (Å²) >= 11 is 0. The first-order valence-corrected chi connectivity index (χ1v) is 9.97. The highest BCUT2D eigenvalue weighted by molar-refractivity contribution is 5.34. The Hall–Kier alpha value is -2.14. The van der Waals surface area contributed by atoms with Crippen molar-refractivity contribution in [2.24, 2.45) is 5.92 Å². The zero-order chi connectivity index (χ0) is 19.1. The molecular formula is C22H31N3O2. The molecule has 1 saturated carbocycles. The number of nitrogen functional groups attached to an aromatic ring is 1. The summed E-state index contributed by atoms with van der Waals surface area (Å²) in [5, 5.41) is 0. The van der Waals surface area contributed by atoms with Crippen LogP contribution < -0.4 is 10.5 Å². The van der Waals surface area contributed by atoms with Crippen molar-refractivity contribution in [3.63, 3.8) is 0 Å². The lowest BCUT2D eigenvalue weighted by molar-refractivity contribution is 0.0256. The monoisotopic (exact) mass is 369 g/mol. The fourth-order valence-electron chi connectivity index (χ4n) is 3.96. The van der Waals surface area contributed by atoms with Gasteiger partial charge in [-0.2, -0.15) is 0 Å². The topological polar surface area (TPSA) is 70.3 Å². The number of hydrogen-bond donors (Lipinski definition) is 1. The van der Waals surface area contributed by atoms with Gasteiger partial charge in [0.15, 0.2) is 0 Å². The molecule has 0 aliphatic heterocycles. The van der Waals surface area contributed by atoms with Crippen molar-refractivity contribution in [2.45, 2.75) is 58.0 Å². The summed E-state index contributed by atoms with van der Waals surface area (Å²) in [7, 11) is 1.69. The molecule has 0 bridgehead atoms. The first-order valence-electron chi connectivity index (χ1n) is 9.97. The van der Waals surface area contributed by atoms with Crippen LogP contribution in [0.15, 0.2) is 30.5 Å². The highest BCUT2D eigenvalue weighted by Gasteiger charge is 2.28. The molecule has 1 aliphatic rings. The van der Waals surface area contributed by atoms with Crippen molar-refractivity contribution >= 4 is 5.82 Å². The average Bonchev–Trinajstić information content (AvgIpc) is 3.07. The van der Waals surface area contributed by atoms with E-state index in [9.17, 15) is 0 Å². The first-order chi connectivity index (χ1) is 13.1. The highest BCUT2D eigenvalue weighted by atomic mass is 16.5. The molecule has 2 N–H and O–H groups in total. The number of aryl methyl sites for hydroxylation is 2. The van der Waals surface area contributed by atoms with E-state index in [0.29, 0.717) is 17.8 Å². The second-order valence-electron chi connectivity index (χ2n) is 7.51. The number of unbranched alkanes of at least 4 members (excludes halogenated alkanes) is 1. The molecule has 5 heteroatoms. The Morgan fingerprint density at radius 1 is 1.15 bits per heavy atom. The lowest BCUT2D eigenvalue weighted by Crippen LogP contribution is -2.21. The summed E-state index contributed by atoms with van der Waals surface area (Å²) in [6.07, 6.45) is 9.82. The fraction of sp³-hybridized carbons (Fsp3) is 0.545. The van der Waals surface area contributed by atoms with E-state index >= 15 is 0 Å². The van der Waals surface area contributed by atoms with Crippen LogP contribution in [-0.4, -0.2) is 29.8 Å². The molecule has 0 amide bonds. The number of nitrogens with zero attached hydrogens (tertiary/aromatic N) is 2. The van der Waals surface area contributed by atoms with E-state index in [4.69, 9.17) is 15.2 Å². The Morgan fingerprint density at radius 2 is 2.04 bits per heavy atom. The molecular weight excluding hydrogens is 338 g/mol. The zero-order valence-electron chi connectivity index (χ0n) is 16.5. The van der Waals surface area contributed by atoms with Gasteiger partial charge in [-0.1, -0.05) is 6.42 Å². The Balaban J connectivity index is 1.40. The van der Waals surface area contributed by atoms with Crippen LogP contribution in [0.1, 0.15) is 49.1 Å². The lowest BCUT2D eigenvalue weighted by atomic mass is 9.98. The van der Waals surface area contributed by atoms with E-state index in [0.717, 1.165) is 55.8 Å². The number of ether oxygens (including phenoxy) is 2. The van der Waals surface area contributed by atoms with Crippen molar-refractivity contribution in [1.29, 1.82) is 0 Å². The zero-order valence-corrected chi connectivity index (χ0v) is 16.5. The molecule has 2 heterocycles. The Labute approximate surface area is 162 Å². The van der Waals surface area contributed by atoms with Gasteiger partial charge < -0.3 is 15.2 Å². The minimum Gasteiger partial charge on any atom is -0.497 e. The predicted octanol–water partition coefficient (Wildman–Crippen LogP) is 4.13. The summed E-state index contributed by atoms with van der Waals surface area (Å²) in [6.45, 7) is 2.88. The molecule has 1 fully saturated rings. The summed E-state index contributed by atoms with van der Waals surface area (Å²) in [5.74, 6) is 2.04. The normalized spacial score (nSPS) is 19.3. The maximum Gasteiger partial charge on any atom is 0.123 e. The van der Waals surface area contributed by atoms with E-state index in [1.807, 2.05) is 18.2 Å². The van der Waals surface area contributed by atoms with E-state index in [1.165, 1.54) is 18.4 Å². The van der Waals surface area contributed by atoms with Crippen molar-refractivity contribution in [3.8, 4) is 5.75 Å². The molecule has 0 saturated heterocycles. The van der Waals surface area contributed by atoms with Crippen molar-refractivity contribution < 1.29 is 9.47 Å². The van der Waals surface area contributed by atoms with E-state index < -0.39 is 0 Å². The smallest absolute Gasteiger partial charge is 0.123 e. The molecule has 0 spiro atoms. The molecule has 2 aromatic rings. The second kappa shape index (κ2) is 9.70. The third kappa shape index (κ3) is 5.93. The minimum atomic E-state index is 0.350. The molecule has 5 nitrogen and oxygen atoms in total. The van der Waals surface area contributed by atoms with E-state index in [2.05, 4.69) is 23.0 Å². The molecule has 2 aromatic heterocycles. The fourth-order valence-corrected chi connectivity index (χ4v) is 3.96. The van der Waals surface area contributed by atoms with Crippen LogP contribution >= 0.6 is 0 Å². The van der Waals surface area contributed by atoms with Crippen LogP contribution in [0.25, 0.3) is 0 Å².